The smallest absolute Gasteiger partial charge is 0.464 e. The van der Waals surface area contributed by atoms with E-state index in [0.717, 1.165) is 11.0 Å². The molecule has 1 saturated heterocycles. The average molecular weight is 305 g/mol. The van der Waals surface area contributed by atoms with Crippen LogP contribution in [0.3, 0.4) is 0 Å². The monoisotopic (exact) mass is 305 g/mol. The Morgan fingerprint density at radius 3 is 2.23 bits per heavy atom. The minimum absolute atomic E-state index is 0.143. The third-order valence-corrected chi connectivity index (χ3v) is 4.46. The Kier molecular flexibility index (Phi) is 4.37. The van der Waals surface area contributed by atoms with Crippen LogP contribution in [0.25, 0.3) is 0 Å². The quantitative estimate of drug-likeness (QED) is 0.633. The predicted octanol–water partition coefficient (Wildman–Crippen LogP) is 2.29. The summed E-state index contributed by atoms with van der Waals surface area (Å²) in [7, 11) is 0.873. The number of carbonyl (C=O) groups is 1. The Hall–Kier alpha value is -1.40. The average Bonchev–Trinajstić information content (AvgIpc) is 2.66. The highest BCUT2D eigenvalue weighted by atomic mass is 16.7. The highest BCUT2D eigenvalue weighted by molar-refractivity contribution is 6.62. The molecule has 1 aliphatic rings. The minimum atomic E-state index is -0.485. The molecular weight excluding hydrogens is 281 g/mol. The Morgan fingerprint density at radius 1 is 1.23 bits per heavy atom. The summed E-state index contributed by atoms with van der Waals surface area (Å²) in [5.74, 6) is -0.284. The summed E-state index contributed by atoms with van der Waals surface area (Å²) in [6.07, 6.45) is 1.63. The molecule has 1 aromatic rings. The van der Waals surface area contributed by atoms with Crippen molar-refractivity contribution in [3.05, 3.63) is 23.5 Å². The van der Waals surface area contributed by atoms with E-state index in [1.54, 1.807) is 6.20 Å². The van der Waals surface area contributed by atoms with Crippen LogP contribution in [0, 0.1) is 0 Å². The van der Waals surface area contributed by atoms with Gasteiger partial charge in [-0.3, -0.25) is 0 Å². The van der Waals surface area contributed by atoms with E-state index in [0.29, 0.717) is 5.69 Å². The van der Waals surface area contributed by atoms with Crippen molar-refractivity contribution < 1.29 is 18.8 Å². The van der Waals surface area contributed by atoms with Gasteiger partial charge in [0.25, 0.3) is 0 Å². The summed E-state index contributed by atoms with van der Waals surface area (Å²) in [5.41, 5.74) is 1.18. The van der Waals surface area contributed by atoms with Gasteiger partial charge in [-0.15, -0.1) is 0 Å². The molecule has 0 bridgehead atoms. The molecule has 0 spiro atoms. The number of pyridine rings is 1. The molecule has 120 valence electrons. The number of rotatable bonds is 3. The van der Waals surface area contributed by atoms with Crippen LogP contribution in [0.1, 0.15) is 63.5 Å². The van der Waals surface area contributed by atoms with E-state index in [2.05, 4.69) is 4.98 Å². The first kappa shape index (κ1) is 17.0. The van der Waals surface area contributed by atoms with Crippen molar-refractivity contribution in [1.29, 1.82) is 0 Å². The van der Waals surface area contributed by atoms with Crippen LogP contribution in [-0.4, -0.2) is 36.4 Å². The van der Waals surface area contributed by atoms with Crippen molar-refractivity contribution in [3.63, 3.8) is 0 Å². The number of ether oxygens (including phenoxy) is 1. The molecule has 2 rings (SSSR count). The normalized spacial score (nSPS) is 19.5. The summed E-state index contributed by atoms with van der Waals surface area (Å²) < 4.78 is 16.9. The van der Waals surface area contributed by atoms with E-state index >= 15 is 0 Å². The first-order valence-electron chi connectivity index (χ1n) is 7.53. The number of nitrogens with zero attached hydrogens (tertiary/aromatic N) is 1. The van der Waals surface area contributed by atoms with Crippen molar-refractivity contribution in [2.75, 3.05) is 7.11 Å². The van der Waals surface area contributed by atoms with Crippen molar-refractivity contribution >= 4 is 18.6 Å². The third kappa shape index (κ3) is 2.90. The second-order valence-corrected chi connectivity index (χ2v) is 6.94. The largest absolute Gasteiger partial charge is 0.496 e. The van der Waals surface area contributed by atoms with Gasteiger partial charge in [-0.2, -0.15) is 0 Å². The molecule has 0 saturated carbocycles. The molecule has 1 aromatic heterocycles. The summed E-state index contributed by atoms with van der Waals surface area (Å²) in [5, 5.41) is 0. The standard InChI is InChI=1S/C16H24BNO4/c1-10(2)12-8-11(9-18-13(12)14(19)20-7)17-21-15(3,4)16(5,6)22-17/h8-10H,1-7H3. The number of aromatic nitrogens is 1. The molecule has 0 N–H and O–H groups in total. The molecule has 22 heavy (non-hydrogen) atoms. The minimum Gasteiger partial charge on any atom is -0.464 e. The zero-order chi connectivity index (χ0) is 16.7. The SMILES string of the molecule is COC(=O)c1ncc(B2OC(C)(C)C(C)(C)O2)cc1C(C)C. The van der Waals surface area contributed by atoms with E-state index in [4.69, 9.17) is 14.0 Å². The van der Waals surface area contributed by atoms with Gasteiger partial charge in [0.15, 0.2) is 5.69 Å². The van der Waals surface area contributed by atoms with E-state index in [1.807, 2.05) is 47.6 Å². The van der Waals surface area contributed by atoms with E-state index in [-0.39, 0.29) is 5.92 Å². The van der Waals surface area contributed by atoms with Gasteiger partial charge in [0, 0.05) is 11.7 Å². The molecule has 1 aliphatic heterocycles. The predicted molar refractivity (Wildman–Crippen MR) is 85.4 cm³/mol. The Morgan fingerprint density at radius 2 is 1.77 bits per heavy atom. The highest BCUT2D eigenvalue weighted by Gasteiger charge is 2.52. The van der Waals surface area contributed by atoms with Crippen LogP contribution in [-0.2, 0) is 14.0 Å². The fourth-order valence-electron chi connectivity index (χ4n) is 2.31. The lowest BCUT2D eigenvalue weighted by Gasteiger charge is -2.32. The lowest BCUT2D eigenvalue weighted by molar-refractivity contribution is 0.00578. The van der Waals surface area contributed by atoms with E-state index < -0.39 is 24.3 Å². The van der Waals surface area contributed by atoms with Crippen molar-refractivity contribution in [1.82, 2.24) is 4.98 Å². The number of carbonyl (C=O) groups excluding carboxylic acids is 1. The molecule has 0 aromatic carbocycles. The lowest BCUT2D eigenvalue weighted by Crippen LogP contribution is -2.41. The molecule has 0 radical (unpaired) electrons. The molecule has 5 nitrogen and oxygen atoms in total. The van der Waals surface area contributed by atoms with Crippen LogP contribution in [0.15, 0.2) is 12.3 Å². The fourth-order valence-corrected chi connectivity index (χ4v) is 2.31. The first-order chi connectivity index (χ1) is 10.1. The number of esters is 1. The molecule has 2 heterocycles. The Bertz CT molecular complexity index is 568. The van der Waals surface area contributed by atoms with Gasteiger partial charge in [-0.05, 0) is 39.2 Å². The number of hydrogen-bond acceptors (Lipinski definition) is 5. The molecule has 1 fully saturated rings. The van der Waals surface area contributed by atoms with Crippen LogP contribution in [0.5, 0.6) is 0 Å². The maximum atomic E-state index is 11.8. The molecule has 0 aliphatic carbocycles. The summed E-state index contributed by atoms with van der Waals surface area (Å²) in [4.78, 5) is 16.1. The van der Waals surface area contributed by atoms with Crippen LogP contribution >= 0.6 is 0 Å². The highest BCUT2D eigenvalue weighted by Crippen LogP contribution is 2.36. The summed E-state index contributed by atoms with van der Waals surface area (Å²) in [6, 6.07) is 1.92. The fraction of sp³-hybridized carbons (Fsp3) is 0.625. The lowest BCUT2D eigenvalue weighted by atomic mass is 9.78. The molecule has 6 heteroatoms. The first-order valence-corrected chi connectivity index (χ1v) is 7.53. The molecule has 0 unspecified atom stereocenters. The summed E-state index contributed by atoms with van der Waals surface area (Å²) in [6.45, 7) is 12.0. The molecule has 0 atom stereocenters. The number of methoxy groups -OCH3 is 1. The second-order valence-electron chi connectivity index (χ2n) is 6.94. The molecular formula is C16H24BNO4. The zero-order valence-electron chi connectivity index (χ0n) is 14.4. The van der Waals surface area contributed by atoms with E-state index in [1.165, 1.54) is 7.11 Å². The number of hydrogen-bond donors (Lipinski definition) is 0. The van der Waals surface area contributed by atoms with Gasteiger partial charge in [0.2, 0.25) is 0 Å². The third-order valence-electron chi connectivity index (χ3n) is 4.46. The summed E-state index contributed by atoms with van der Waals surface area (Å²) >= 11 is 0. The van der Waals surface area contributed by atoms with Gasteiger partial charge < -0.3 is 14.0 Å². The van der Waals surface area contributed by atoms with Crippen LogP contribution in [0.4, 0.5) is 0 Å². The van der Waals surface area contributed by atoms with Crippen molar-refractivity contribution in [2.24, 2.45) is 0 Å². The zero-order valence-corrected chi connectivity index (χ0v) is 14.4. The Labute approximate surface area is 132 Å². The van der Waals surface area contributed by atoms with Gasteiger partial charge in [0.05, 0.1) is 18.3 Å². The van der Waals surface area contributed by atoms with Crippen LogP contribution < -0.4 is 5.46 Å². The topological polar surface area (TPSA) is 57.7 Å². The van der Waals surface area contributed by atoms with Gasteiger partial charge in [0.1, 0.15) is 0 Å². The Balaban J connectivity index is 2.39. The maximum absolute atomic E-state index is 11.8. The van der Waals surface area contributed by atoms with Crippen LogP contribution in [0.2, 0.25) is 0 Å². The van der Waals surface area contributed by atoms with E-state index in [9.17, 15) is 4.79 Å². The van der Waals surface area contributed by atoms with Gasteiger partial charge in [-0.25, -0.2) is 9.78 Å². The second kappa shape index (κ2) is 5.67. The maximum Gasteiger partial charge on any atom is 0.496 e. The molecule has 0 amide bonds. The van der Waals surface area contributed by atoms with Gasteiger partial charge >= 0.3 is 13.1 Å². The van der Waals surface area contributed by atoms with Crippen molar-refractivity contribution in [2.45, 2.75) is 58.7 Å². The van der Waals surface area contributed by atoms with Crippen molar-refractivity contribution in [3.8, 4) is 0 Å². The van der Waals surface area contributed by atoms with Gasteiger partial charge in [-0.1, -0.05) is 19.9 Å².